The molecule has 3 heterocycles. The summed E-state index contributed by atoms with van der Waals surface area (Å²) in [5.41, 5.74) is 0.779. The smallest absolute Gasteiger partial charge is 0.340 e. The van der Waals surface area contributed by atoms with Crippen molar-refractivity contribution in [2.24, 2.45) is 7.05 Å². The Morgan fingerprint density at radius 2 is 2.17 bits per heavy atom. The van der Waals surface area contributed by atoms with E-state index in [0.717, 1.165) is 37.1 Å². The highest BCUT2D eigenvalue weighted by molar-refractivity contribution is 5.75. The minimum absolute atomic E-state index is 0.0183. The van der Waals surface area contributed by atoms with E-state index >= 15 is 0 Å². The molecule has 2 aromatic rings. The molecule has 0 spiro atoms. The van der Waals surface area contributed by atoms with E-state index in [2.05, 4.69) is 10.2 Å². The molecule has 1 aliphatic rings. The zero-order valence-electron chi connectivity index (χ0n) is 13.6. The van der Waals surface area contributed by atoms with Crippen LogP contribution in [0.15, 0.2) is 17.2 Å². The second-order valence-electron chi connectivity index (χ2n) is 6.09. The number of amides is 1. The number of nitrogens with zero attached hydrogens (tertiary/aromatic N) is 6. The Labute approximate surface area is 134 Å². The van der Waals surface area contributed by atoms with E-state index in [9.17, 15) is 9.59 Å². The van der Waals surface area contributed by atoms with Gasteiger partial charge in [-0.25, -0.2) is 9.48 Å². The number of aromatic nitrogens is 5. The van der Waals surface area contributed by atoms with Crippen LogP contribution < -0.4 is 5.69 Å². The predicted molar refractivity (Wildman–Crippen MR) is 83.7 cm³/mol. The van der Waals surface area contributed by atoms with Crippen molar-refractivity contribution < 1.29 is 4.79 Å². The van der Waals surface area contributed by atoms with Gasteiger partial charge in [-0.15, -0.1) is 0 Å². The van der Waals surface area contributed by atoms with Crippen molar-refractivity contribution in [3.8, 4) is 0 Å². The van der Waals surface area contributed by atoms with Gasteiger partial charge in [0.2, 0.25) is 5.91 Å². The maximum atomic E-state index is 12.4. The summed E-state index contributed by atoms with van der Waals surface area (Å²) in [5.74, 6) is 0.666. The molecule has 0 bridgehead atoms. The van der Waals surface area contributed by atoms with Gasteiger partial charge in [-0.2, -0.15) is 10.2 Å². The fraction of sp³-hybridized carbons (Fsp3) is 0.600. The molecule has 0 N–H and O–H groups in total. The van der Waals surface area contributed by atoms with Crippen LogP contribution in [0.1, 0.15) is 30.7 Å². The van der Waals surface area contributed by atoms with Crippen molar-refractivity contribution in [3.05, 3.63) is 34.3 Å². The largest absolute Gasteiger partial charge is 0.346 e. The quantitative estimate of drug-likeness (QED) is 0.805. The molecule has 124 valence electrons. The Balaban J connectivity index is 1.69. The van der Waals surface area contributed by atoms with Crippen LogP contribution in [0.3, 0.4) is 0 Å². The van der Waals surface area contributed by atoms with Gasteiger partial charge < -0.3 is 4.90 Å². The van der Waals surface area contributed by atoms with Crippen LogP contribution in [-0.2, 0) is 37.9 Å². The standard InChI is InChI=1S/C15H22N6O2/c1-18(9-12-8-16-19(2)10-12)14(22)11-21-15(23)20-7-5-3-4-6-13(20)17-21/h8,10H,3-7,9,11H2,1-2H3. The van der Waals surface area contributed by atoms with E-state index in [1.807, 2.05) is 13.2 Å². The minimum Gasteiger partial charge on any atom is -0.340 e. The second-order valence-corrected chi connectivity index (χ2v) is 6.09. The molecule has 0 radical (unpaired) electrons. The molecular weight excluding hydrogens is 296 g/mol. The lowest BCUT2D eigenvalue weighted by Gasteiger charge is -2.15. The maximum Gasteiger partial charge on any atom is 0.346 e. The van der Waals surface area contributed by atoms with Crippen molar-refractivity contribution in [1.82, 2.24) is 29.0 Å². The topological polar surface area (TPSA) is 78.0 Å². The van der Waals surface area contributed by atoms with E-state index in [1.165, 1.54) is 4.68 Å². The first kappa shape index (κ1) is 15.5. The number of hydrogen-bond donors (Lipinski definition) is 0. The molecule has 2 aromatic heterocycles. The van der Waals surface area contributed by atoms with Crippen LogP contribution >= 0.6 is 0 Å². The average molecular weight is 318 g/mol. The maximum absolute atomic E-state index is 12.4. The van der Waals surface area contributed by atoms with Gasteiger partial charge in [-0.05, 0) is 12.8 Å². The Kier molecular flexibility index (Phi) is 4.31. The first-order chi connectivity index (χ1) is 11.0. The summed E-state index contributed by atoms with van der Waals surface area (Å²) in [4.78, 5) is 26.3. The molecule has 0 fully saturated rings. The monoisotopic (exact) mass is 318 g/mol. The van der Waals surface area contributed by atoms with Crippen LogP contribution in [0, 0.1) is 0 Å². The van der Waals surface area contributed by atoms with E-state index in [4.69, 9.17) is 0 Å². The molecule has 3 rings (SSSR count). The van der Waals surface area contributed by atoms with E-state index < -0.39 is 0 Å². The number of carbonyl (C=O) groups is 1. The van der Waals surface area contributed by atoms with Crippen molar-refractivity contribution in [3.63, 3.8) is 0 Å². The second kappa shape index (κ2) is 6.39. The summed E-state index contributed by atoms with van der Waals surface area (Å²) in [5, 5.41) is 8.43. The third-order valence-corrected chi connectivity index (χ3v) is 4.17. The zero-order chi connectivity index (χ0) is 16.4. The number of carbonyl (C=O) groups excluding carboxylic acids is 1. The van der Waals surface area contributed by atoms with Gasteiger partial charge in [0, 0.05) is 45.4 Å². The third kappa shape index (κ3) is 3.35. The minimum atomic E-state index is -0.176. The molecule has 0 atom stereocenters. The molecule has 8 heteroatoms. The van der Waals surface area contributed by atoms with Crippen LogP contribution in [0.2, 0.25) is 0 Å². The Morgan fingerprint density at radius 3 is 2.91 bits per heavy atom. The highest BCUT2D eigenvalue weighted by atomic mass is 16.2. The van der Waals surface area contributed by atoms with Crippen molar-refractivity contribution >= 4 is 5.91 Å². The summed E-state index contributed by atoms with van der Waals surface area (Å²) >= 11 is 0. The van der Waals surface area contributed by atoms with Crippen LogP contribution in [0.25, 0.3) is 0 Å². The number of fused-ring (bicyclic) bond motifs is 1. The Bertz CT molecular complexity index is 756. The molecule has 0 aromatic carbocycles. The predicted octanol–water partition coefficient (Wildman–Crippen LogP) is 0.163. The Hall–Kier alpha value is -2.38. The van der Waals surface area contributed by atoms with Crippen molar-refractivity contribution in [2.45, 2.75) is 45.3 Å². The summed E-state index contributed by atoms with van der Waals surface area (Å²) < 4.78 is 4.70. The van der Waals surface area contributed by atoms with E-state index in [-0.39, 0.29) is 18.1 Å². The lowest BCUT2D eigenvalue weighted by molar-refractivity contribution is -0.131. The summed E-state index contributed by atoms with van der Waals surface area (Å²) in [6.07, 6.45) is 7.57. The average Bonchev–Trinajstić information content (AvgIpc) is 2.94. The summed E-state index contributed by atoms with van der Waals surface area (Å²) in [6.45, 7) is 1.15. The van der Waals surface area contributed by atoms with Gasteiger partial charge in [-0.1, -0.05) is 6.42 Å². The summed E-state index contributed by atoms with van der Waals surface area (Å²) in [7, 11) is 3.56. The fourth-order valence-corrected chi connectivity index (χ4v) is 2.89. The number of likely N-dealkylation sites (N-methyl/N-ethyl adjacent to an activating group) is 1. The molecule has 0 aliphatic carbocycles. The van der Waals surface area contributed by atoms with Gasteiger partial charge in [0.15, 0.2) is 0 Å². The van der Waals surface area contributed by atoms with Crippen LogP contribution in [0.5, 0.6) is 0 Å². The number of hydrogen-bond acceptors (Lipinski definition) is 4. The normalized spacial score (nSPS) is 14.3. The first-order valence-electron chi connectivity index (χ1n) is 7.92. The number of aryl methyl sites for hydroxylation is 2. The Morgan fingerprint density at radius 1 is 1.35 bits per heavy atom. The highest BCUT2D eigenvalue weighted by Crippen LogP contribution is 2.10. The molecule has 8 nitrogen and oxygen atoms in total. The fourth-order valence-electron chi connectivity index (χ4n) is 2.89. The molecule has 0 unspecified atom stereocenters. The summed E-state index contributed by atoms with van der Waals surface area (Å²) in [6, 6.07) is 0. The zero-order valence-corrected chi connectivity index (χ0v) is 13.6. The number of rotatable bonds is 4. The van der Waals surface area contributed by atoms with E-state index in [1.54, 1.807) is 27.4 Å². The molecule has 1 aliphatic heterocycles. The SMILES string of the molecule is CN(Cc1cnn(C)c1)C(=O)Cn1nc2n(c1=O)CCCCC2. The molecule has 0 saturated carbocycles. The van der Waals surface area contributed by atoms with Gasteiger partial charge in [0.05, 0.1) is 6.20 Å². The van der Waals surface area contributed by atoms with E-state index in [0.29, 0.717) is 13.1 Å². The van der Waals surface area contributed by atoms with Crippen LogP contribution in [-0.4, -0.2) is 42.0 Å². The van der Waals surface area contributed by atoms with Crippen molar-refractivity contribution in [2.75, 3.05) is 7.05 Å². The van der Waals surface area contributed by atoms with Crippen molar-refractivity contribution in [1.29, 1.82) is 0 Å². The molecular formula is C15H22N6O2. The molecule has 0 saturated heterocycles. The van der Waals surface area contributed by atoms with Gasteiger partial charge in [0.1, 0.15) is 12.4 Å². The third-order valence-electron chi connectivity index (χ3n) is 4.17. The van der Waals surface area contributed by atoms with Crippen LogP contribution in [0.4, 0.5) is 0 Å². The molecule has 1 amide bonds. The van der Waals surface area contributed by atoms with Gasteiger partial charge in [0.25, 0.3) is 0 Å². The van der Waals surface area contributed by atoms with Gasteiger partial charge in [-0.3, -0.25) is 14.0 Å². The molecule has 23 heavy (non-hydrogen) atoms. The highest BCUT2D eigenvalue weighted by Gasteiger charge is 2.19. The first-order valence-corrected chi connectivity index (χ1v) is 7.92. The lowest BCUT2D eigenvalue weighted by Crippen LogP contribution is -2.34. The lowest BCUT2D eigenvalue weighted by atomic mass is 10.2. The van der Waals surface area contributed by atoms with Gasteiger partial charge >= 0.3 is 5.69 Å².